The lowest BCUT2D eigenvalue weighted by atomic mass is 10.0. The van der Waals surface area contributed by atoms with E-state index in [1.54, 1.807) is 44.2 Å². The zero-order valence-corrected chi connectivity index (χ0v) is 26.6. The van der Waals surface area contributed by atoms with Gasteiger partial charge < -0.3 is 10.6 Å². The van der Waals surface area contributed by atoms with Crippen LogP contribution in [0.3, 0.4) is 0 Å². The first-order valence-electron chi connectivity index (χ1n) is 13.1. The third-order valence-corrected chi connectivity index (χ3v) is 7.58. The Morgan fingerprint density at radius 1 is 0.957 bits per heavy atom. The average Bonchev–Trinajstić information content (AvgIpc) is 3.62. The first kappa shape index (κ1) is 33.1. The van der Waals surface area contributed by atoms with E-state index in [1.165, 1.54) is 24.4 Å². The van der Waals surface area contributed by atoms with Crippen molar-refractivity contribution in [3.63, 3.8) is 0 Å². The second-order valence-corrected chi connectivity index (χ2v) is 11.5. The standard InChI is InChI=1S/C28H20Cl4F3N9O2/c1-13-8-16(30)9-19(25(45)37-14(2)18-6-5-15(29)10-21(18)32)23(13)38-26(46)22-11-17(12-43-41-27(39-42-43)28(33,34)35)40-44(22)24-20(31)4-3-7-36-24/h3-11,14H,12H2,1-2H3,(H,37,45)(H,38,46). The zero-order valence-electron chi connectivity index (χ0n) is 23.6. The van der Waals surface area contributed by atoms with E-state index in [0.29, 0.717) is 26.0 Å². The molecule has 238 valence electrons. The van der Waals surface area contributed by atoms with Crippen molar-refractivity contribution < 1.29 is 22.8 Å². The van der Waals surface area contributed by atoms with E-state index in [2.05, 4.69) is 36.1 Å². The molecule has 5 aromatic rings. The predicted molar refractivity (Wildman–Crippen MR) is 165 cm³/mol. The number of rotatable bonds is 8. The molecule has 0 radical (unpaired) electrons. The van der Waals surface area contributed by atoms with Crippen LogP contribution in [0.15, 0.2) is 54.7 Å². The molecule has 2 N–H and O–H groups in total. The van der Waals surface area contributed by atoms with Gasteiger partial charge in [-0.2, -0.15) is 23.1 Å². The minimum atomic E-state index is -4.80. The minimum absolute atomic E-state index is 0.0453. The minimum Gasteiger partial charge on any atom is -0.345 e. The van der Waals surface area contributed by atoms with Crippen molar-refractivity contribution in [3.8, 4) is 5.82 Å². The van der Waals surface area contributed by atoms with Crippen LogP contribution in [0.5, 0.6) is 0 Å². The lowest BCUT2D eigenvalue weighted by Gasteiger charge is -2.19. The maximum absolute atomic E-state index is 13.8. The number of halogens is 7. The highest BCUT2D eigenvalue weighted by Gasteiger charge is 2.37. The Labute approximate surface area is 278 Å². The number of benzene rings is 2. The fourth-order valence-electron chi connectivity index (χ4n) is 4.40. The number of carbonyl (C=O) groups is 2. The van der Waals surface area contributed by atoms with E-state index in [0.717, 1.165) is 4.68 Å². The fourth-order valence-corrected chi connectivity index (χ4v) is 5.45. The molecule has 18 heteroatoms. The van der Waals surface area contributed by atoms with Crippen LogP contribution in [0.1, 0.15) is 56.5 Å². The smallest absolute Gasteiger partial charge is 0.345 e. The first-order valence-corrected chi connectivity index (χ1v) is 14.6. The van der Waals surface area contributed by atoms with Crippen LogP contribution >= 0.6 is 46.4 Å². The summed E-state index contributed by atoms with van der Waals surface area (Å²) in [7, 11) is 0. The van der Waals surface area contributed by atoms with Crippen LogP contribution in [0.4, 0.5) is 18.9 Å². The number of nitrogens with one attached hydrogen (secondary N) is 2. The summed E-state index contributed by atoms with van der Waals surface area (Å²) in [5, 5.41) is 20.8. The summed E-state index contributed by atoms with van der Waals surface area (Å²) >= 11 is 25.0. The number of pyridine rings is 1. The molecular formula is C28H20Cl4F3N9O2. The summed E-state index contributed by atoms with van der Waals surface area (Å²) in [5.41, 5.74) is 1.21. The fraction of sp³-hybridized carbons (Fsp3) is 0.179. The number of carbonyl (C=O) groups excluding carboxylic acids is 2. The predicted octanol–water partition coefficient (Wildman–Crippen LogP) is 6.99. The Morgan fingerprint density at radius 2 is 1.72 bits per heavy atom. The van der Waals surface area contributed by atoms with Gasteiger partial charge in [0.25, 0.3) is 17.6 Å². The molecule has 0 aliphatic carbocycles. The van der Waals surface area contributed by atoms with Gasteiger partial charge in [0.2, 0.25) is 0 Å². The maximum Gasteiger partial charge on any atom is 0.455 e. The molecule has 0 fully saturated rings. The summed E-state index contributed by atoms with van der Waals surface area (Å²) in [4.78, 5) is 32.2. The van der Waals surface area contributed by atoms with Crippen LogP contribution in [-0.2, 0) is 12.7 Å². The highest BCUT2D eigenvalue weighted by Crippen LogP contribution is 2.30. The highest BCUT2D eigenvalue weighted by molar-refractivity contribution is 6.35. The van der Waals surface area contributed by atoms with Gasteiger partial charge in [-0.15, -0.1) is 10.2 Å². The molecule has 11 nitrogen and oxygen atoms in total. The second kappa shape index (κ2) is 13.2. The Bertz CT molecular complexity index is 1960. The number of aryl methyl sites for hydroxylation is 1. The van der Waals surface area contributed by atoms with Crippen LogP contribution in [0, 0.1) is 6.92 Å². The van der Waals surface area contributed by atoms with Crippen LogP contribution < -0.4 is 10.6 Å². The summed E-state index contributed by atoms with van der Waals surface area (Å²) in [6.45, 7) is 2.99. The number of aromatic nitrogens is 7. The lowest BCUT2D eigenvalue weighted by molar-refractivity contribution is -0.145. The number of hydrogen-bond acceptors (Lipinski definition) is 7. The normalized spacial score (nSPS) is 12.2. The van der Waals surface area contributed by atoms with E-state index in [-0.39, 0.29) is 45.0 Å². The van der Waals surface area contributed by atoms with Crippen LogP contribution in [-0.4, -0.2) is 46.8 Å². The Hall–Kier alpha value is -4.24. The molecule has 1 unspecified atom stereocenters. The van der Waals surface area contributed by atoms with Crippen molar-refractivity contribution in [3.05, 3.63) is 109 Å². The van der Waals surface area contributed by atoms with E-state index < -0.39 is 29.9 Å². The van der Waals surface area contributed by atoms with E-state index in [9.17, 15) is 22.8 Å². The number of hydrogen-bond donors (Lipinski definition) is 2. The largest absolute Gasteiger partial charge is 0.455 e. The summed E-state index contributed by atoms with van der Waals surface area (Å²) in [5.74, 6) is -2.70. The molecule has 46 heavy (non-hydrogen) atoms. The number of tetrazole rings is 1. The third kappa shape index (κ3) is 7.25. The Kier molecular flexibility index (Phi) is 9.54. The van der Waals surface area contributed by atoms with Crippen LogP contribution in [0.25, 0.3) is 5.82 Å². The Morgan fingerprint density at radius 3 is 2.39 bits per heavy atom. The van der Waals surface area contributed by atoms with Crippen molar-refractivity contribution in [2.75, 3.05) is 5.32 Å². The van der Waals surface area contributed by atoms with E-state index in [1.807, 2.05) is 0 Å². The van der Waals surface area contributed by atoms with E-state index in [4.69, 9.17) is 46.4 Å². The molecule has 1 atom stereocenters. The molecule has 0 saturated heterocycles. The topological polar surface area (TPSA) is 133 Å². The van der Waals surface area contributed by atoms with E-state index >= 15 is 0 Å². The van der Waals surface area contributed by atoms with Crippen molar-refractivity contribution >= 4 is 63.9 Å². The quantitative estimate of drug-likeness (QED) is 0.177. The van der Waals surface area contributed by atoms with Crippen molar-refractivity contribution in [2.24, 2.45) is 0 Å². The Balaban J connectivity index is 1.48. The summed E-state index contributed by atoms with van der Waals surface area (Å²) in [6, 6.07) is 11.6. The molecule has 3 aromatic heterocycles. The number of alkyl halides is 3. The molecule has 0 aliphatic rings. The molecule has 5 rings (SSSR count). The summed E-state index contributed by atoms with van der Waals surface area (Å²) in [6.07, 6.45) is -3.39. The third-order valence-electron chi connectivity index (χ3n) is 6.50. The van der Waals surface area contributed by atoms with Gasteiger partial charge in [0.15, 0.2) is 5.82 Å². The molecule has 3 heterocycles. The number of amides is 2. The number of nitrogens with zero attached hydrogens (tertiary/aromatic N) is 7. The van der Waals surface area contributed by atoms with Gasteiger partial charge in [-0.25, -0.2) is 9.67 Å². The molecule has 0 spiro atoms. The van der Waals surface area contributed by atoms with Gasteiger partial charge in [-0.05, 0) is 72.7 Å². The van der Waals surface area contributed by atoms with Gasteiger partial charge in [0.1, 0.15) is 12.2 Å². The molecule has 0 aliphatic heterocycles. The van der Waals surface area contributed by atoms with Crippen molar-refractivity contribution in [1.82, 2.24) is 40.3 Å². The first-order chi connectivity index (χ1) is 21.7. The monoisotopic (exact) mass is 711 g/mol. The number of anilines is 1. The maximum atomic E-state index is 13.8. The molecule has 2 aromatic carbocycles. The lowest BCUT2D eigenvalue weighted by Crippen LogP contribution is -2.29. The SMILES string of the molecule is Cc1cc(Cl)cc(C(=O)NC(C)c2ccc(Cl)cc2Cl)c1NC(=O)c1cc(Cn2nnc(C(F)(F)F)n2)nn1-c1ncccc1Cl. The molecule has 2 amide bonds. The van der Waals surface area contributed by atoms with Crippen LogP contribution in [0.2, 0.25) is 20.1 Å². The molecular weight excluding hydrogens is 693 g/mol. The van der Waals surface area contributed by atoms with Gasteiger partial charge >= 0.3 is 6.18 Å². The second-order valence-electron chi connectivity index (χ2n) is 9.84. The zero-order chi connectivity index (χ0) is 33.3. The summed E-state index contributed by atoms with van der Waals surface area (Å²) < 4.78 is 40.1. The highest BCUT2D eigenvalue weighted by atomic mass is 35.5. The molecule has 0 bridgehead atoms. The molecule has 0 saturated carbocycles. The van der Waals surface area contributed by atoms with Crippen molar-refractivity contribution in [1.29, 1.82) is 0 Å². The van der Waals surface area contributed by atoms with Gasteiger partial charge in [0, 0.05) is 21.3 Å². The van der Waals surface area contributed by atoms with Crippen molar-refractivity contribution in [2.45, 2.75) is 32.6 Å². The average molecular weight is 713 g/mol. The van der Waals surface area contributed by atoms with Gasteiger partial charge in [-0.1, -0.05) is 52.5 Å². The van der Waals surface area contributed by atoms with Gasteiger partial charge in [0.05, 0.1) is 28.0 Å². The van der Waals surface area contributed by atoms with Gasteiger partial charge in [-0.3, -0.25) is 9.59 Å².